The zero-order valence-corrected chi connectivity index (χ0v) is 15.9. The number of rotatable bonds is 7. The molecule has 2 aromatic carbocycles. The third-order valence-corrected chi connectivity index (χ3v) is 3.90. The molecule has 0 bridgehead atoms. The van der Waals surface area contributed by atoms with Crippen LogP contribution in [-0.2, 0) is 6.54 Å². The summed E-state index contributed by atoms with van der Waals surface area (Å²) in [5.74, 6) is 1.68. The van der Waals surface area contributed by atoms with Gasteiger partial charge in [0.2, 0.25) is 0 Å². The van der Waals surface area contributed by atoms with Crippen LogP contribution in [0.3, 0.4) is 0 Å². The zero-order valence-electron chi connectivity index (χ0n) is 14.2. The van der Waals surface area contributed by atoms with E-state index in [4.69, 9.17) is 20.9 Å². The Bertz CT molecular complexity index is 756. The molecule has 5 nitrogen and oxygen atoms in total. The van der Waals surface area contributed by atoms with Crippen molar-refractivity contribution >= 4 is 46.6 Å². The Morgan fingerprint density at radius 2 is 1.24 bits per heavy atom. The molecule has 25 heavy (non-hydrogen) atoms. The summed E-state index contributed by atoms with van der Waals surface area (Å²) in [5.41, 5.74) is 13.4. The topological polar surface area (TPSA) is 75.4 Å². The van der Waals surface area contributed by atoms with E-state index < -0.39 is 0 Å². The molecule has 3 rings (SSSR count). The average molecular weight is 386 g/mol. The van der Waals surface area contributed by atoms with Crippen LogP contribution in [0, 0.1) is 0 Å². The second kappa shape index (κ2) is 9.73. The Hall–Kier alpha value is -1.66. The molecule has 0 spiro atoms. The third-order valence-electron chi connectivity index (χ3n) is 3.90. The lowest BCUT2D eigenvalue weighted by molar-refractivity contribution is 0.328. The van der Waals surface area contributed by atoms with Crippen molar-refractivity contribution in [2.75, 3.05) is 26.3 Å². The molecular formula is C18H25Cl2N3O2. The van der Waals surface area contributed by atoms with Gasteiger partial charge in [-0.2, -0.15) is 0 Å². The van der Waals surface area contributed by atoms with Gasteiger partial charge in [0, 0.05) is 41.4 Å². The zero-order chi connectivity index (χ0) is 16.2. The largest absolute Gasteiger partial charge is 0.492 e. The van der Waals surface area contributed by atoms with Crippen LogP contribution in [0.15, 0.2) is 36.4 Å². The number of nitrogens with two attached hydrogens (primary N) is 2. The van der Waals surface area contributed by atoms with Crippen LogP contribution in [-0.4, -0.2) is 30.9 Å². The molecule has 7 heteroatoms. The minimum Gasteiger partial charge on any atom is -0.492 e. The highest BCUT2D eigenvalue weighted by atomic mass is 35.5. The number of aryl methyl sites for hydroxylation is 1. The van der Waals surface area contributed by atoms with Crippen LogP contribution in [0.1, 0.15) is 6.92 Å². The summed E-state index contributed by atoms with van der Waals surface area (Å²) in [6.45, 7) is 5.10. The monoisotopic (exact) mass is 385 g/mol. The Kier molecular flexibility index (Phi) is 8.32. The summed E-state index contributed by atoms with van der Waals surface area (Å²) in [6, 6.07) is 12.3. The second-order valence-corrected chi connectivity index (χ2v) is 5.38. The molecule has 4 N–H and O–H groups in total. The van der Waals surface area contributed by atoms with Crippen molar-refractivity contribution in [1.82, 2.24) is 4.57 Å². The lowest BCUT2D eigenvalue weighted by Gasteiger charge is -2.06. The Labute approximate surface area is 160 Å². The third kappa shape index (κ3) is 4.30. The molecule has 0 aliphatic carbocycles. The quantitative estimate of drug-likeness (QED) is 0.653. The molecule has 0 fully saturated rings. The summed E-state index contributed by atoms with van der Waals surface area (Å²) in [6.07, 6.45) is 0. The summed E-state index contributed by atoms with van der Waals surface area (Å²) in [4.78, 5) is 0. The fraction of sp³-hybridized carbons (Fsp3) is 0.333. The minimum absolute atomic E-state index is 0. The van der Waals surface area contributed by atoms with Gasteiger partial charge in [-0.05, 0) is 43.3 Å². The highest BCUT2D eigenvalue weighted by Crippen LogP contribution is 2.34. The molecule has 0 saturated heterocycles. The van der Waals surface area contributed by atoms with Crippen molar-refractivity contribution in [3.8, 4) is 11.5 Å². The SMILES string of the molecule is CCn1c2ccc(OCCN)cc2c2cc(OCCN)ccc21.Cl.Cl. The van der Waals surface area contributed by atoms with Crippen LogP contribution >= 0.6 is 24.8 Å². The molecule has 0 radical (unpaired) electrons. The van der Waals surface area contributed by atoms with E-state index in [-0.39, 0.29) is 24.8 Å². The molecule has 1 heterocycles. The lowest BCUT2D eigenvalue weighted by Crippen LogP contribution is -2.10. The summed E-state index contributed by atoms with van der Waals surface area (Å²) < 4.78 is 13.6. The van der Waals surface area contributed by atoms with Gasteiger partial charge < -0.3 is 25.5 Å². The first-order valence-electron chi connectivity index (χ1n) is 8.00. The van der Waals surface area contributed by atoms with Crippen LogP contribution < -0.4 is 20.9 Å². The van der Waals surface area contributed by atoms with E-state index >= 15 is 0 Å². The number of nitrogens with zero attached hydrogens (tertiary/aromatic N) is 1. The summed E-state index contributed by atoms with van der Waals surface area (Å²) >= 11 is 0. The van der Waals surface area contributed by atoms with Gasteiger partial charge >= 0.3 is 0 Å². The highest BCUT2D eigenvalue weighted by Gasteiger charge is 2.11. The van der Waals surface area contributed by atoms with Crippen molar-refractivity contribution < 1.29 is 9.47 Å². The summed E-state index contributed by atoms with van der Waals surface area (Å²) in [5, 5.41) is 2.32. The van der Waals surface area contributed by atoms with Crippen LogP contribution in [0.25, 0.3) is 21.8 Å². The predicted molar refractivity (Wildman–Crippen MR) is 109 cm³/mol. The van der Waals surface area contributed by atoms with E-state index in [1.807, 2.05) is 12.1 Å². The van der Waals surface area contributed by atoms with E-state index in [1.165, 1.54) is 11.0 Å². The molecule has 0 aliphatic rings. The fourth-order valence-electron chi connectivity index (χ4n) is 2.94. The minimum atomic E-state index is 0. The van der Waals surface area contributed by atoms with Crippen molar-refractivity contribution in [3.05, 3.63) is 36.4 Å². The van der Waals surface area contributed by atoms with Crippen molar-refractivity contribution in [1.29, 1.82) is 0 Å². The molecule has 0 aliphatic heterocycles. The normalized spacial score (nSPS) is 10.4. The first-order chi connectivity index (χ1) is 11.3. The van der Waals surface area contributed by atoms with Gasteiger partial charge in [0.25, 0.3) is 0 Å². The van der Waals surface area contributed by atoms with E-state index in [2.05, 4.69) is 35.8 Å². The Morgan fingerprint density at radius 3 is 1.60 bits per heavy atom. The Balaban J connectivity index is 0.00000156. The number of fused-ring (bicyclic) bond motifs is 3. The maximum absolute atomic E-state index is 5.67. The van der Waals surface area contributed by atoms with Gasteiger partial charge in [-0.25, -0.2) is 0 Å². The number of hydrogen-bond donors (Lipinski definition) is 2. The number of benzene rings is 2. The lowest BCUT2D eigenvalue weighted by atomic mass is 10.1. The van der Waals surface area contributed by atoms with E-state index in [0.29, 0.717) is 26.3 Å². The molecule has 0 atom stereocenters. The molecular weight excluding hydrogens is 361 g/mol. The van der Waals surface area contributed by atoms with Crippen molar-refractivity contribution in [2.45, 2.75) is 13.5 Å². The van der Waals surface area contributed by atoms with Crippen LogP contribution in [0.5, 0.6) is 11.5 Å². The fourth-order valence-corrected chi connectivity index (χ4v) is 2.94. The van der Waals surface area contributed by atoms with Crippen LogP contribution in [0.2, 0.25) is 0 Å². The van der Waals surface area contributed by atoms with E-state index in [1.54, 1.807) is 0 Å². The smallest absolute Gasteiger partial charge is 0.120 e. The van der Waals surface area contributed by atoms with E-state index in [0.717, 1.165) is 28.8 Å². The number of ether oxygens (including phenoxy) is 2. The highest BCUT2D eigenvalue weighted by molar-refractivity contribution is 6.09. The standard InChI is InChI=1S/C18H23N3O2.2ClH/c1-2-21-17-5-3-13(22-9-7-19)11-15(17)16-12-14(23-10-8-20)4-6-18(16)21;;/h3-6,11-12H,2,7-10,19-20H2,1H3;2*1H. The molecule has 0 amide bonds. The van der Waals surface area contributed by atoms with Crippen molar-refractivity contribution in [2.24, 2.45) is 11.5 Å². The maximum atomic E-state index is 5.67. The van der Waals surface area contributed by atoms with Gasteiger partial charge in [0.1, 0.15) is 24.7 Å². The van der Waals surface area contributed by atoms with Gasteiger partial charge in [0.05, 0.1) is 0 Å². The number of aromatic nitrogens is 1. The van der Waals surface area contributed by atoms with Crippen LogP contribution in [0.4, 0.5) is 0 Å². The van der Waals surface area contributed by atoms with Gasteiger partial charge in [0.15, 0.2) is 0 Å². The van der Waals surface area contributed by atoms with Gasteiger partial charge in [-0.15, -0.1) is 24.8 Å². The second-order valence-electron chi connectivity index (χ2n) is 5.38. The molecule has 1 aromatic heterocycles. The predicted octanol–water partition coefficient (Wildman–Crippen LogP) is 3.33. The number of hydrogen-bond acceptors (Lipinski definition) is 4. The first kappa shape index (κ1) is 21.4. The number of halogens is 2. The Morgan fingerprint density at radius 1 is 0.800 bits per heavy atom. The summed E-state index contributed by atoms with van der Waals surface area (Å²) in [7, 11) is 0. The van der Waals surface area contributed by atoms with Crippen molar-refractivity contribution in [3.63, 3.8) is 0 Å². The molecule has 138 valence electrons. The van der Waals surface area contributed by atoms with E-state index in [9.17, 15) is 0 Å². The molecule has 3 aromatic rings. The van der Waals surface area contributed by atoms with Gasteiger partial charge in [-0.1, -0.05) is 0 Å². The first-order valence-corrected chi connectivity index (χ1v) is 8.00. The maximum Gasteiger partial charge on any atom is 0.120 e. The molecule has 0 saturated carbocycles. The molecule has 0 unspecified atom stereocenters. The average Bonchev–Trinajstić information content (AvgIpc) is 2.90. The van der Waals surface area contributed by atoms with Gasteiger partial charge in [-0.3, -0.25) is 0 Å².